The largest absolute Gasteiger partial charge is 0.355 e. The van der Waals surface area contributed by atoms with Crippen molar-refractivity contribution in [3.05, 3.63) is 65.2 Å². The summed E-state index contributed by atoms with van der Waals surface area (Å²) >= 11 is 0. The van der Waals surface area contributed by atoms with Crippen LogP contribution < -0.4 is 15.5 Å². The van der Waals surface area contributed by atoms with Crippen LogP contribution in [0.25, 0.3) is 0 Å². The summed E-state index contributed by atoms with van der Waals surface area (Å²) in [6, 6.07) is 17.4. The molecular formula is C25H33N5O. The molecule has 1 saturated heterocycles. The maximum atomic E-state index is 11.9. The SMILES string of the molecule is CN=C(NCc1ccc(N2CCCC2=O)cc1)NCC(C)N1CCc2ccccc2C1. The molecule has 2 aliphatic heterocycles. The van der Waals surface area contributed by atoms with E-state index in [4.69, 9.17) is 0 Å². The predicted octanol–water partition coefficient (Wildman–Crippen LogP) is 2.93. The third kappa shape index (κ3) is 5.25. The second kappa shape index (κ2) is 9.96. The van der Waals surface area contributed by atoms with Gasteiger partial charge in [0.05, 0.1) is 0 Å². The number of carbonyl (C=O) groups is 1. The quantitative estimate of drug-likeness (QED) is 0.558. The summed E-state index contributed by atoms with van der Waals surface area (Å²) < 4.78 is 0. The van der Waals surface area contributed by atoms with Gasteiger partial charge in [-0.15, -0.1) is 0 Å². The van der Waals surface area contributed by atoms with E-state index >= 15 is 0 Å². The first-order valence-electron chi connectivity index (χ1n) is 11.3. The number of amides is 1. The van der Waals surface area contributed by atoms with Crippen molar-refractivity contribution in [2.24, 2.45) is 4.99 Å². The molecule has 6 heteroatoms. The Morgan fingerprint density at radius 3 is 2.52 bits per heavy atom. The van der Waals surface area contributed by atoms with Crippen molar-refractivity contribution in [2.75, 3.05) is 31.6 Å². The third-order valence-electron chi connectivity index (χ3n) is 6.35. The highest BCUT2D eigenvalue weighted by Crippen LogP contribution is 2.22. The van der Waals surface area contributed by atoms with Gasteiger partial charge in [0, 0.05) is 57.9 Å². The van der Waals surface area contributed by atoms with E-state index in [2.05, 4.69) is 63.8 Å². The molecule has 2 N–H and O–H groups in total. The molecule has 4 rings (SSSR count). The molecule has 1 atom stereocenters. The highest BCUT2D eigenvalue weighted by molar-refractivity contribution is 5.95. The topological polar surface area (TPSA) is 60.0 Å². The Morgan fingerprint density at radius 1 is 1.03 bits per heavy atom. The van der Waals surface area contributed by atoms with Crippen molar-refractivity contribution in [1.29, 1.82) is 0 Å². The van der Waals surface area contributed by atoms with Crippen molar-refractivity contribution >= 4 is 17.6 Å². The molecule has 1 unspecified atom stereocenters. The number of nitrogens with zero attached hydrogens (tertiary/aromatic N) is 3. The van der Waals surface area contributed by atoms with Gasteiger partial charge in [-0.05, 0) is 48.6 Å². The molecular weight excluding hydrogens is 386 g/mol. The molecule has 0 aliphatic carbocycles. The molecule has 0 saturated carbocycles. The molecule has 0 spiro atoms. The Hall–Kier alpha value is -2.86. The summed E-state index contributed by atoms with van der Waals surface area (Å²) in [4.78, 5) is 20.7. The molecule has 2 heterocycles. The number of guanidine groups is 1. The summed E-state index contributed by atoms with van der Waals surface area (Å²) in [6.45, 7) is 6.74. The predicted molar refractivity (Wildman–Crippen MR) is 126 cm³/mol. The third-order valence-corrected chi connectivity index (χ3v) is 6.35. The van der Waals surface area contributed by atoms with Crippen LogP contribution in [0.4, 0.5) is 5.69 Å². The van der Waals surface area contributed by atoms with Crippen LogP contribution in [0.5, 0.6) is 0 Å². The number of nitrogens with one attached hydrogen (secondary N) is 2. The second-order valence-electron chi connectivity index (χ2n) is 8.46. The van der Waals surface area contributed by atoms with E-state index in [0.29, 0.717) is 19.0 Å². The number of hydrogen-bond donors (Lipinski definition) is 2. The zero-order valence-electron chi connectivity index (χ0n) is 18.6. The van der Waals surface area contributed by atoms with Crippen LogP contribution in [0.1, 0.15) is 36.5 Å². The summed E-state index contributed by atoms with van der Waals surface area (Å²) in [7, 11) is 1.80. The van der Waals surface area contributed by atoms with Crippen molar-refractivity contribution < 1.29 is 4.79 Å². The molecule has 0 radical (unpaired) electrons. The van der Waals surface area contributed by atoms with E-state index in [1.807, 2.05) is 17.0 Å². The van der Waals surface area contributed by atoms with Gasteiger partial charge in [0.1, 0.15) is 0 Å². The zero-order chi connectivity index (χ0) is 21.6. The minimum atomic E-state index is 0.224. The lowest BCUT2D eigenvalue weighted by Crippen LogP contribution is -2.47. The fraction of sp³-hybridized carbons (Fsp3) is 0.440. The molecule has 164 valence electrons. The van der Waals surface area contributed by atoms with E-state index in [9.17, 15) is 4.79 Å². The first kappa shape index (κ1) is 21.4. The number of anilines is 1. The van der Waals surface area contributed by atoms with Gasteiger partial charge in [-0.3, -0.25) is 14.7 Å². The maximum Gasteiger partial charge on any atom is 0.227 e. The smallest absolute Gasteiger partial charge is 0.227 e. The fourth-order valence-electron chi connectivity index (χ4n) is 4.39. The Kier molecular flexibility index (Phi) is 6.87. The van der Waals surface area contributed by atoms with Crippen molar-refractivity contribution in [3.8, 4) is 0 Å². The number of aliphatic imine (C=N–C) groups is 1. The normalized spacial score (nSPS) is 18.1. The molecule has 2 aliphatic rings. The molecule has 6 nitrogen and oxygen atoms in total. The number of fused-ring (bicyclic) bond motifs is 1. The number of benzene rings is 2. The van der Waals surface area contributed by atoms with Gasteiger partial charge in [-0.25, -0.2) is 0 Å². The minimum Gasteiger partial charge on any atom is -0.355 e. The Balaban J connectivity index is 1.24. The highest BCUT2D eigenvalue weighted by Gasteiger charge is 2.22. The molecule has 2 aromatic carbocycles. The van der Waals surface area contributed by atoms with Gasteiger partial charge in [0.2, 0.25) is 5.91 Å². The standard InChI is InChI=1S/C25H33N5O/c1-19(29-15-13-21-6-3-4-7-22(21)18-29)16-27-25(26-2)28-17-20-9-11-23(12-10-20)30-14-5-8-24(30)31/h3-4,6-7,9-12,19H,5,8,13-18H2,1-2H3,(H2,26,27,28). The summed E-state index contributed by atoms with van der Waals surface area (Å²) in [5, 5.41) is 6.86. The summed E-state index contributed by atoms with van der Waals surface area (Å²) in [5.74, 6) is 1.03. The summed E-state index contributed by atoms with van der Waals surface area (Å²) in [5.41, 5.74) is 5.09. The van der Waals surface area contributed by atoms with E-state index in [1.165, 1.54) is 16.7 Å². The van der Waals surface area contributed by atoms with E-state index < -0.39 is 0 Å². The van der Waals surface area contributed by atoms with Crippen LogP contribution in [-0.2, 0) is 24.3 Å². The number of rotatable bonds is 6. The van der Waals surface area contributed by atoms with Gasteiger partial charge in [0.15, 0.2) is 5.96 Å². The van der Waals surface area contributed by atoms with E-state index in [1.54, 1.807) is 7.05 Å². The number of hydrogen-bond acceptors (Lipinski definition) is 3. The lowest BCUT2D eigenvalue weighted by atomic mass is 9.99. The lowest BCUT2D eigenvalue weighted by molar-refractivity contribution is -0.117. The van der Waals surface area contributed by atoms with Gasteiger partial charge in [0.25, 0.3) is 0 Å². The average molecular weight is 420 g/mol. The van der Waals surface area contributed by atoms with Gasteiger partial charge in [-0.1, -0.05) is 36.4 Å². The minimum absolute atomic E-state index is 0.224. The monoisotopic (exact) mass is 419 g/mol. The molecule has 1 fully saturated rings. The molecule has 0 bridgehead atoms. The van der Waals surface area contributed by atoms with Crippen molar-refractivity contribution in [1.82, 2.24) is 15.5 Å². The van der Waals surface area contributed by atoms with Crippen LogP contribution in [0.2, 0.25) is 0 Å². The maximum absolute atomic E-state index is 11.9. The van der Waals surface area contributed by atoms with Crippen LogP contribution in [0.15, 0.2) is 53.5 Å². The first-order chi connectivity index (χ1) is 15.1. The number of carbonyl (C=O) groups excluding carboxylic acids is 1. The van der Waals surface area contributed by atoms with Crippen LogP contribution in [0, 0.1) is 0 Å². The van der Waals surface area contributed by atoms with E-state index in [-0.39, 0.29) is 5.91 Å². The Labute approximate surface area is 185 Å². The zero-order valence-corrected chi connectivity index (χ0v) is 18.6. The van der Waals surface area contributed by atoms with Gasteiger partial charge >= 0.3 is 0 Å². The van der Waals surface area contributed by atoms with Crippen molar-refractivity contribution in [2.45, 2.75) is 45.3 Å². The molecule has 1 amide bonds. The second-order valence-corrected chi connectivity index (χ2v) is 8.46. The molecule has 31 heavy (non-hydrogen) atoms. The van der Waals surface area contributed by atoms with Gasteiger partial charge in [-0.2, -0.15) is 0 Å². The molecule has 2 aromatic rings. The Morgan fingerprint density at radius 2 is 1.81 bits per heavy atom. The highest BCUT2D eigenvalue weighted by atomic mass is 16.2. The average Bonchev–Trinajstić information content (AvgIpc) is 3.24. The molecule has 0 aromatic heterocycles. The summed E-state index contributed by atoms with van der Waals surface area (Å²) in [6.07, 6.45) is 2.73. The van der Waals surface area contributed by atoms with E-state index in [0.717, 1.165) is 50.7 Å². The van der Waals surface area contributed by atoms with Crippen LogP contribution >= 0.6 is 0 Å². The lowest BCUT2D eigenvalue weighted by Gasteiger charge is -2.34. The fourth-order valence-corrected chi connectivity index (χ4v) is 4.39. The van der Waals surface area contributed by atoms with Crippen molar-refractivity contribution in [3.63, 3.8) is 0 Å². The Bertz CT molecular complexity index is 924. The van der Waals surface area contributed by atoms with Crippen LogP contribution in [0.3, 0.4) is 0 Å². The van der Waals surface area contributed by atoms with Gasteiger partial charge < -0.3 is 15.5 Å². The first-order valence-corrected chi connectivity index (χ1v) is 11.3. The van der Waals surface area contributed by atoms with Crippen LogP contribution in [-0.4, -0.2) is 49.5 Å².